The maximum Gasteiger partial charge on any atom is 0.245 e. The fraction of sp³-hybridized carbons (Fsp3) is 0.556. The highest BCUT2D eigenvalue weighted by Crippen LogP contribution is 2.33. The molecule has 2 amide bonds. The number of carbonyl (C=O) groups excluding carboxylic acids is 2. The first-order valence-electron chi connectivity index (χ1n) is 8.40. The van der Waals surface area contributed by atoms with Crippen LogP contribution in [-0.4, -0.2) is 55.0 Å². The number of nitrogens with one attached hydrogen (secondary N) is 1. The van der Waals surface area contributed by atoms with E-state index in [0.29, 0.717) is 37.6 Å². The Hall–Kier alpha value is -1.89. The van der Waals surface area contributed by atoms with Crippen molar-refractivity contribution in [3.63, 3.8) is 0 Å². The monoisotopic (exact) mass is 366 g/mol. The Kier molecular flexibility index (Phi) is 7.43. The molecule has 6 nitrogen and oxygen atoms in total. The largest absolute Gasteiger partial charge is 0.493 e. The molecule has 1 aliphatic heterocycles. The van der Waals surface area contributed by atoms with Gasteiger partial charge in [0.05, 0.1) is 13.7 Å². The molecule has 1 aliphatic rings. The summed E-state index contributed by atoms with van der Waals surface area (Å²) in [6.07, 6.45) is 3.35. The molecule has 1 aromatic rings. The van der Waals surface area contributed by atoms with Crippen molar-refractivity contribution in [1.29, 1.82) is 0 Å². The molecular formula is C18H26N2O4S. The lowest BCUT2D eigenvalue weighted by molar-refractivity contribution is -0.137. The van der Waals surface area contributed by atoms with Crippen LogP contribution in [0.15, 0.2) is 18.2 Å². The number of para-hydroxylation sites is 1. The summed E-state index contributed by atoms with van der Waals surface area (Å²) < 4.78 is 11.2. The predicted molar refractivity (Wildman–Crippen MR) is 99.1 cm³/mol. The van der Waals surface area contributed by atoms with Crippen molar-refractivity contribution < 1.29 is 19.1 Å². The molecule has 2 rings (SSSR count). The maximum atomic E-state index is 13.0. The molecular weight excluding hydrogens is 340 g/mol. The molecule has 0 unspecified atom stereocenters. The summed E-state index contributed by atoms with van der Waals surface area (Å²) in [6, 6.07) is 5.20. The van der Waals surface area contributed by atoms with E-state index >= 15 is 0 Å². The third-order valence-electron chi connectivity index (χ3n) is 4.06. The van der Waals surface area contributed by atoms with Gasteiger partial charge in [-0.3, -0.25) is 9.59 Å². The highest BCUT2D eigenvalue weighted by molar-refractivity contribution is 7.98. The second kappa shape index (κ2) is 9.56. The lowest BCUT2D eigenvalue weighted by atomic mass is 10.1. The number of fused-ring (bicyclic) bond motifs is 1. The van der Waals surface area contributed by atoms with Crippen LogP contribution < -0.4 is 14.8 Å². The van der Waals surface area contributed by atoms with E-state index in [2.05, 4.69) is 5.32 Å². The molecule has 0 aliphatic carbocycles. The second-order valence-electron chi connectivity index (χ2n) is 5.94. The lowest BCUT2D eigenvalue weighted by Gasteiger charge is -2.30. The minimum absolute atomic E-state index is 0.0417. The van der Waals surface area contributed by atoms with Gasteiger partial charge in [-0.15, -0.1) is 0 Å². The van der Waals surface area contributed by atoms with E-state index in [1.807, 2.05) is 29.4 Å². The standard InChI is InChI=1S/C18H26N2O4S/c1-13(21)19-15(8-11-25-3)18(22)20-9-5-10-24-17-14(12-20)6-4-7-16(17)23-2/h4,6-7,15H,5,8-12H2,1-3H3,(H,19,21)/t15-/m0/s1. The highest BCUT2D eigenvalue weighted by atomic mass is 32.2. The van der Waals surface area contributed by atoms with E-state index in [1.54, 1.807) is 18.9 Å². The molecule has 0 radical (unpaired) electrons. The van der Waals surface area contributed by atoms with Gasteiger partial charge in [-0.2, -0.15) is 11.8 Å². The van der Waals surface area contributed by atoms with Crippen LogP contribution in [0.1, 0.15) is 25.3 Å². The van der Waals surface area contributed by atoms with Crippen LogP contribution in [0.3, 0.4) is 0 Å². The summed E-state index contributed by atoms with van der Waals surface area (Å²) in [5.74, 6) is 1.96. The van der Waals surface area contributed by atoms with Crippen molar-refractivity contribution >= 4 is 23.6 Å². The second-order valence-corrected chi connectivity index (χ2v) is 6.93. The first-order valence-corrected chi connectivity index (χ1v) is 9.79. The molecule has 7 heteroatoms. The van der Waals surface area contributed by atoms with Crippen molar-refractivity contribution in [2.45, 2.75) is 32.4 Å². The Morgan fingerprint density at radius 1 is 1.44 bits per heavy atom. The van der Waals surface area contributed by atoms with Crippen LogP contribution >= 0.6 is 11.8 Å². The first-order chi connectivity index (χ1) is 12.1. The molecule has 1 atom stereocenters. The Morgan fingerprint density at radius 3 is 2.92 bits per heavy atom. The first kappa shape index (κ1) is 19.4. The minimum Gasteiger partial charge on any atom is -0.493 e. The lowest BCUT2D eigenvalue weighted by Crippen LogP contribution is -2.48. The molecule has 0 spiro atoms. The molecule has 138 valence electrons. The quantitative estimate of drug-likeness (QED) is 0.835. The zero-order valence-electron chi connectivity index (χ0n) is 15.0. The number of nitrogens with zero attached hydrogens (tertiary/aromatic N) is 1. The van der Waals surface area contributed by atoms with E-state index in [9.17, 15) is 9.59 Å². The number of amides is 2. The van der Waals surface area contributed by atoms with E-state index in [4.69, 9.17) is 9.47 Å². The smallest absolute Gasteiger partial charge is 0.245 e. The molecule has 0 fully saturated rings. The number of hydrogen-bond acceptors (Lipinski definition) is 5. The van der Waals surface area contributed by atoms with Crippen molar-refractivity contribution in [2.75, 3.05) is 32.3 Å². The van der Waals surface area contributed by atoms with E-state index in [-0.39, 0.29) is 11.8 Å². The molecule has 1 N–H and O–H groups in total. The predicted octanol–water partition coefficient (Wildman–Crippen LogP) is 2.06. The van der Waals surface area contributed by atoms with E-state index in [0.717, 1.165) is 17.7 Å². The van der Waals surface area contributed by atoms with Gasteiger partial charge in [0, 0.05) is 25.6 Å². The van der Waals surface area contributed by atoms with Gasteiger partial charge < -0.3 is 19.7 Å². The SMILES string of the molecule is COc1cccc2c1OCCCN(C(=O)[C@H](CCSC)NC(C)=O)C2. The number of hydrogen-bond donors (Lipinski definition) is 1. The number of methoxy groups -OCH3 is 1. The number of thioether (sulfide) groups is 1. The van der Waals surface area contributed by atoms with Crippen LogP contribution in [0.2, 0.25) is 0 Å². The molecule has 25 heavy (non-hydrogen) atoms. The topological polar surface area (TPSA) is 67.9 Å². The molecule has 0 aromatic heterocycles. The number of benzene rings is 1. The molecule has 0 saturated carbocycles. The van der Waals surface area contributed by atoms with Gasteiger partial charge in [0.15, 0.2) is 11.5 Å². The Bertz CT molecular complexity index is 609. The zero-order chi connectivity index (χ0) is 18.2. The van der Waals surface area contributed by atoms with Crippen molar-refractivity contribution in [3.05, 3.63) is 23.8 Å². The van der Waals surface area contributed by atoms with Gasteiger partial charge >= 0.3 is 0 Å². The Balaban J connectivity index is 2.21. The van der Waals surface area contributed by atoms with Crippen LogP contribution in [0.25, 0.3) is 0 Å². The zero-order valence-corrected chi connectivity index (χ0v) is 15.9. The van der Waals surface area contributed by atoms with Crippen molar-refractivity contribution in [2.24, 2.45) is 0 Å². The number of rotatable bonds is 6. The van der Waals surface area contributed by atoms with Crippen LogP contribution in [-0.2, 0) is 16.1 Å². The van der Waals surface area contributed by atoms with E-state index < -0.39 is 6.04 Å². The van der Waals surface area contributed by atoms with Gasteiger partial charge in [0.25, 0.3) is 0 Å². The van der Waals surface area contributed by atoms with Crippen LogP contribution in [0, 0.1) is 0 Å². The van der Waals surface area contributed by atoms with Crippen molar-refractivity contribution in [1.82, 2.24) is 10.2 Å². The summed E-state index contributed by atoms with van der Waals surface area (Å²) in [5.41, 5.74) is 0.916. The number of carbonyl (C=O) groups is 2. The average molecular weight is 366 g/mol. The molecule has 1 heterocycles. The molecule has 1 aromatic carbocycles. The van der Waals surface area contributed by atoms with Gasteiger partial charge in [-0.05, 0) is 30.9 Å². The Labute approximate surface area is 153 Å². The summed E-state index contributed by atoms with van der Waals surface area (Å²) in [7, 11) is 1.61. The summed E-state index contributed by atoms with van der Waals surface area (Å²) >= 11 is 1.66. The van der Waals surface area contributed by atoms with Crippen molar-refractivity contribution in [3.8, 4) is 11.5 Å². The minimum atomic E-state index is -0.487. The fourth-order valence-electron chi connectivity index (χ4n) is 2.87. The number of ether oxygens (including phenoxy) is 2. The molecule has 0 saturated heterocycles. The van der Waals surface area contributed by atoms with Crippen LogP contribution in [0.5, 0.6) is 11.5 Å². The van der Waals surface area contributed by atoms with Crippen LogP contribution in [0.4, 0.5) is 0 Å². The van der Waals surface area contributed by atoms with Gasteiger partial charge in [0.2, 0.25) is 11.8 Å². The van der Waals surface area contributed by atoms with E-state index in [1.165, 1.54) is 6.92 Å². The van der Waals surface area contributed by atoms with Gasteiger partial charge in [-0.1, -0.05) is 12.1 Å². The summed E-state index contributed by atoms with van der Waals surface area (Å²) in [6.45, 7) is 3.01. The average Bonchev–Trinajstić information content (AvgIpc) is 2.57. The summed E-state index contributed by atoms with van der Waals surface area (Å²) in [4.78, 5) is 26.3. The van der Waals surface area contributed by atoms with Gasteiger partial charge in [-0.25, -0.2) is 0 Å². The third kappa shape index (κ3) is 5.29. The maximum absolute atomic E-state index is 13.0. The van der Waals surface area contributed by atoms with Gasteiger partial charge in [0.1, 0.15) is 6.04 Å². The third-order valence-corrected chi connectivity index (χ3v) is 4.70. The fourth-order valence-corrected chi connectivity index (χ4v) is 3.34. The normalized spacial score (nSPS) is 15.2. The summed E-state index contributed by atoms with van der Waals surface area (Å²) in [5, 5.41) is 2.79. The Morgan fingerprint density at radius 2 is 2.24 bits per heavy atom. The highest BCUT2D eigenvalue weighted by Gasteiger charge is 2.27. The molecule has 0 bridgehead atoms.